The zero-order chi connectivity index (χ0) is 23.5. The van der Waals surface area contributed by atoms with Gasteiger partial charge in [-0.3, -0.25) is 14.5 Å². The summed E-state index contributed by atoms with van der Waals surface area (Å²) in [6.45, 7) is 6.08. The summed E-state index contributed by atoms with van der Waals surface area (Å²) in [5, 5.41) is 14.9. The van der Waals surface area contributed by atoms with E-state index in [0.717, 1.165) is 11.1 Å². The first-order valence-corrected chi connectivity index (χ1v) is 11.9. The van der Waals surface area contributed by atoms with Crippen LogP contribution in [-0.2, 0) is 9.59 Å². The highest BCUT2D eigenvalue weighted by Crippen LogP contribution is 2.44. The van der Waals surface area contributed by atoms with Crippen LogP contribution in [0.25, 0.3) is 11.1 Å². The Hall–Kier alpha value is -3.45. The summed E-state index contributed by atoms with van der Waals surface area (Å²) < 4.78 is 5.72. The molecule has 0 bridgehead atoms. The molecule has 0 aliphatic carbocycles. The van der Waals surface area contributed by atoms with Gasteiger partial charge in [0.15, 0.2) is 11.5 Å². The summed E-state index contributed by atoms with van der Waals surface area (Å²) in [7, 11) is 0. The van der Waals surface area contributed by atoms with Crippen LogP contribution < -0.4 is 9.64 Å². The van der Waals surface area contributed by atoms with Crippen molar-refractivity contribution in [2.75, 3.05) is 11.5 Å². The zero-order valence-corrected chi connectivity index (χ0v) is 19.6. The number of amides is 1. The van der Waals surface area contributed by atoms with Gasteiger partial charge in [-0.05, 0) is 65.1 Å². The Morgan fingerprint density at radius 3 is 2.58 bits per heavy atom. The standard InChI is InChI=1S/C26H26N2O4S/c1-4-32-25-20(6-5-12-27-25)23-22(21(29)14-16(2)3)24(30)26(31)28(23)19-9-7-17(8-10-19)18-11-13-33-15-18/h5-13,15-16,23,30H,4,14H2,1-3H3. The molecule has 1 unspecified atom stereocenters. The van der Waals surface area contributed by atoms with Gasteiger partial charge in [-0.1, -0.05) is 26.0 Å². The van der Waals surface area contributed by atoms with Gasteiger partial charge in [0.25, 0.3) is 5.91 Å². The van der Waals surface area contributed by atoms with Crippen LogP contribution in [0.5, 0.6) is 5.88 Å². The monoisotopic (exact) mass is 462 g/mol. The summed E-state index contributed by atoms with van der Waals surface area (Å²) in [4.78, 5) is 32.3. The maximum absolute atomic E-state index is 13.3. The van der Waals surface area contributed by atoms with Crippen molar-refractivity contribution < 1.29 is 19.4 Å². The summed E-state index contributed by atoms with van der Waals surface area (Å²) in [5.41, 5.74) is 3.34. The van der Waals surface area contributed by atoms with Gasteiger partial charge in [0, 0.05) is 23.9 Å². The zero-order valence-electron chi connectivity index (χ0n) is 18.8. The predicted octanol–water partition coefficient (Wildman–Crippen LogP) is 5.72. The molecule has 1 aliphatic heterocycles. The van der Waals surface area contributed by atoms with E-state index in [1.54, 1.807) is 29.7 Å². The van der Waals surface area contributed by atoms with Gasteiger partial charge in [0.2, 0.25) is 5.88 Å². The number of hydrogen-bond acceptors (Lipinski definition) is 6. The molecular formula is C26H26N2O4S. The number of aliphatic hydroxyl groups excluding tert-OH is 1. The minimum Gasteiger partial charge on any atom is -0.503 e. The number of anilines is 1. The second-order valence-electron chi connectivity index (χ2n) is 8.25. The van der Waals surface area contributed by atoms with Crippen LogP contribution in [-0.4, -0.2) is 28.4 Å². The van der Waals surface area contributed by atoms with E-state index in [0.29, 0.717) is 23.7 Å². The Balaban J connectivity index is 1.82. The number of ketones is 1. The maximum atomic E-state index is 13.3. The second kappa shape index (κ2) is 9.58. The fourth-order valence-corrected chi connectivity index (χ4v) is 4.71. The third kappa shape index (κ3) is 4.41. The first-order chi connectivity index (χ1) is 15.9. The van der Waals surface area contributed by atoms with Crippen molar-refractivity contribution in [2.24, 2.45) is 5.92 Å². The highest BCUT2D eigenvalue weighted by Gasteiger charge is 2.45. The smallest absolute Gasteiger partial charge is 0.294 e. The number of benzene rings is 1. The molecule has 7 heteroatoms. The third-order valence-corrected chi connectivity index (χ3v) is 6.16. The molecule has 3 heterocycles. The van der Waals surface area contributed by atoms with E-state index in [4.69, 9.17) is 4.74 Å². The average molecular weight is 463 g/mol. The van der Waals surface area contributed by atoms with Crippen molar-refractivity contribution in [3.63, 3.8) is 0 Å². The molecule has 170 valence electrons. The van der Waals surface area contributed by atoms with Crippen LogP contribution in [0.4, 0.5) is 5.69 Å². The van der Waals surface area contributed by atoms with Crippen LogP contribution in [0.2, 0.25) is 0 Å². The predicted molar refractivity (Wildman–Crippen MR) is 130 cm³/mol. The molecule has 0 spiro atoms. The molecule has 2 aromatic heterocycles. The lowest BCUT2D eigenvalue weighted by molar-refractivity contribution is -0.118. The molecule has 1 N–H and O–H groups in total. The molecule has 1 aliphatic rings. The van der Waals surface area contributed by atoms with Gasteiger partial charge in [-0.2, -0.15) is 11.3 Å². The average Bonchev–Trinajstić information content (AvgIpc) is 3.42. The summed E-state index contributed by atoms with van der Waals surface area (Å²) in [6, 6.07) is 12.2. The van der Waals surface area contributed by atoms with Crippen LogP contribution in [0, 0.1) is 5.92 Å². The van der Waals surface area contributed by atoms with E-state index >= 15 is 0 Å². The van der Waals surface area contributed by atoms with E-state index in [1.807, 2.05) is 56.5 Å². The fourth-order valence-electron chi connectivity index (χ4n) is 4.04. The second-order valence-corrected chi connectivity index (χ2v) is 9.03. The molecular weight excluding hydrogens is 436 g/mol. The number of aliphatic hydroxyl groups is 1. The van der Waals surface area contributed by atoms with Crippen LogP contribution in [0.3, 0.4) is 0 Å². The van der Waals surface area contributed by atoms with Gasteiger partial charge in [-0.15, -0.1) is 0 Å². The van der Waals surface area contributed by atoms with E-state index < -0.39 is 17.7 Å². The molecule has 3 aromatic rings. The Labute approximate surface area is 197 Å². The number of thiophene rings is 1. The van der Waals surface area contributed by atoms with Gasteiger partial charge in [0.05, 0.1) is 12.2 Å². The lowest BCUT2D eigenvalue weighted by Crippen LogP contribution is -2.31. The summed E-state index contributed by atoms with van der Waals surface area (Å²) in [6.07, 6.45) is 1.82. The Morgan fingerprint density at radius 1 is 1.18 bits per heavy atom. The fraction of sp³-hybridized carbons (Fsp3) is 0.269. The third-order valence-electron chi connectivity index (χ3n) is 5.48. The molecule has 0 fully saturated rings. The van der Waals surface area contributed by atoms with Gasteiger partial charge in [0.1, 0.15) is 6.04 Å². The van der Waals surface area contributed by atoms with Crippen molar-refractivity contribution in [1.82, 2.24) is 4.98 Å². The van der Waals surface area contributed by atoms with E-state index in [2.05, 4.69) is 10.4 Å². The van der Waals surface area contributed by atoms with Crippen LogP contribution >= 0.6 is 11.3 Å². The highest BCUT2D eigenvalue weighted by molar-refractivity contribution is 7.08. The molecule has 4 rings (SSSR count). The Morgan fingerprint density at radius 2 is 1.94 bits per heavy atom. The topological polar surface area (TPSA) is 79.7 Å². The Kier molecular flexibility index (Phi) is 6.60. The number of rotatable bonds is 8. The number of ether oxygens (including phenoxy) is 1. The number of carbonyl (C=O) groups is 2. The van der Waals surface area contributed by atoms with E-state index in [1.165, 1.54) is 4.90 Å². The molecule has 33 heavy (non-hydrogen) atoms. The largest absolute Gasteiger partial charge is 0.503 e. The van der Waals surface area contributed by atoms with Crippen molar-refractivity contribution in [2.45, 2.75) is 33.2 Å². The molecule has 0 saturated carbocycles. The van der Waals surface area contributed by atoms with Crippen molar-refractivity contribution >= 4 is 28.7 Å². The molecule has 1 atom stereocenters. The lowest BCUT2D eigenvalue weighted by atomic mass is 9.92. The molecule has 0 saturated heterocycles. The number of carbonyl (C=O) groups excluding carboxylic acids is 2. The normalized spacial score (nSPS) is 16.1. The lowest BCUT2D eigenvalue weighted by Gasteiger charge is -2.28. The number of Topliss-reactive ketones (excluding diaryl/α,β-unsaturated/α-hetero) is 1. The minimum absolute atomic E-state index is 0.0766. The number of pyridine rings is 1. The minimum atomic E-state index is -0.828. The Bertz CT molecular complexity index is 1180. The van der Waals surface area contributed by atoms with Gasteiger partial charge >= 0.3 is 0 Å². The molecule has 1 aromatic carbocycles. The number of nitrogens with zero attached hydrogens (tertiary/aromatic N) is 2. The van der Waals surface area contributed by atoms with Gasteiger partial charge in [-0.25, -0.2) is 4.98 Å². The summed E-state index contributed by atoms with van der Waals surface area (Å²) >= 11 is 1.61. The first-order valence-electron chi connectivity index (χ1n) is 10.9. The van der Waals surface area contributed by atoms with Crippen LogP contribution in [0.1, 0.15) is 38.8 Å². The quantitative estimate of drug-likeness (QED) is 0.463. The molecule has 0 radical (unpaired) electrons. The first kappa shape index (κ1) is 22.7. The van der Waals surface area contributed by atoms with Gasteiger partial charge < -0.3 is 9.84 Å². The van der Waals surface area contributed by atoms with E-state index in [-0.39, 0.29) is 23.7 Å². The highest BCUT2D eigenvalue weighted by atomic mass is 32.1. The molecule has 1 amide bonds. The molecule has 6 nitrogen and oxygen atoms in total. The maximum Gasteiger partial charge on any atom is 0.294 e. The number of hydrogen-bond donors (Lipinski definition) is 1. The van der Waals surface area contributed by atoms with E-state index in [9.17, 15) is 14.7 Å². The van der Waals surface area contributed by atoms with Crippen molar-refractivity contribution in [3.05, 3.63) is 76.3 Å². The van der Waals surface area contributed by atoms with Crippen molar-refractivity contribution in [1.29, 1.82) is 0 Å². The van der Waals surface area contributed by atoms with Crippen LogP contribution in [0.15, 0.2) is 70.8 Å². The number of aromatic nitrogens is 1. The van der Waals surface area contributed by atoms with Crippen molar-refractivity contribution in [3.8, 4) is 17.0 Å². The summed E-state index contributed by atoms with van der Waals surface area (Å²) in [5.74, 6) is -0.972. The SMILES string of the molecule is CCOc1ncccc1C1C(C(=O)CC(C)C)=C(O)C(=O)N1c1ccc(-c2ccsc2)cc1.